The van der Waals surface area contributed by atoms with Crippen LogP contribution in [0.1, 0.15) is 36.9 Å². The number of carbonyl (C=O) groups excluding carboxylic acids is 3. The van der Waals surface area contributed by atoms with Crippen molar-refractivity contribution in [2.24, 2.45) is 5.92 Å². The van der Waals surface area contributed by atoms with Crippen molar-refractivity contribution in [2.75, 3.05) is 25.6 Å². The van der Waals surface area contributed by atoms with Crippen molar-refractivity contribution in [1.82, 2.24) is 19.5 Å². The van der Waals surface area contributed by atoms with Gasteiger partial charge in [0.25, 0.3) is 5.56 Å². The highest BCUT2D eigenvalue weighted by Crippen LogP contribution is 2.47. The number of aromatic amines is 1. The number of benzene rings is 1. The van der Waals surface area contributed by atoms with Crippen molar-refractivity contribution in [1.29, 1.82) is 0 Å². The Kier molecular flexibility index (Phi) is 8.07. The molecule has 16 heteroatoms. The highest BCUT2D eigenvalue weighted by Gasteiger charge is 2.41. The minimum atomic E-state index is -2.08. The van der Waals surface area contributed by atoms with Gasteiger partial charge in [-0.15, -0.1) is 0 Å². The second kappa shape index (κ2) is 11.7. The summed E-state index contributed by atoms with van der Waals surface area (Å²) >= 11 is 0. The normalized spacial score (nSPS) is 22.1. The van der Waals surface area contributed by atoms with Crippen LogP contribution in [-0.4, -0.2) is 69.9 Å². The minimum absolute atomic E-state index is 0.0309. The number of amides is 1. The van der Waals surface area contributed by atoms with Crippen LogP contribution in [-0.2, 0) is 32.8 Å². The molecule has 1 saturated heterocycles. The zero-order chi connectivity index (χ0) is 28.4. The molecule has 1 fully saturated rings. The van der Waals surface area contributed by atoms with Crippen LogP contribution in [0.2, 0.25) is 0 Å². The number of hydrogen-bond donors (Lipinski definition) is 2. The van der Waals surface area contributed by atoms with Crippen LogP contribution in [0, 0.1) is 5.92 Å². The van der Waals surface area contributed by atoms with Crippen LogP contribution >= 0.6 is 8.60 Å². The fourth-order valence-electron chi connectivity index (χ4n) is 4.04. The first-order valence-electron chi connectivity index (χ1n) is 12.3. The van der Waals surface area contributed by atoms with Gasteiger partial charge < -0.3 is 23.3 Å². The Morgan fingerprint density at radius 1 is 1.25 bits per heavy atom. The molecule has 2 aliphatic rings. The third-order valence-corrected chi connectivity index (χ3v) is 7.04. The summed E-state index contributed by atoms with van der Waals surface area (Å²) in [6, 6.07) is 6.61. The molecule has 2 aromatic heterocycles. The largest absolute Gasteiger partial charge is 0.465 e. The van der Waals surface area contributed by atoms with Gasteiger partial charge in [-0.25, -0.2) is 14.6 Å². The van der Waals surface area contributed by atoms with Crippen molar-refractivity contribution in [3.8, 4) is 5.75 Å². The van der Waals surface area contributed by atoms with E-state index in [-0.39, 0.29) is 54.1 Å². The van der Waals surface area contributed by atoms with E-state index in [1.807, 2.05) is 0 Å². The fourth-order valence-corrected chi connectivity index (χ4v) is 5.01. The number of nitrogens with one attached hydrogen (secondary N) is 2. The van der Waals surface area contributed by atoms with Crippen molar-refractivity contribution in [2.45, 2.75) is 38.7 Å². The van der Waals surface area contributed by atoms with Crippen molar-refractivity contribution in [3.63, 3.8) is 0 Å². The number of hydrogen-bond acceptors (Lipinski definition) is 12. The van der Waals surface area contributed by atoms with Crippen molar-refractivity contribution < 1.29 is 42.2 Å². The van der Waals surface area contributed by atoms with E-state index in [2.05, 4.69) is 20.3 Å². The highest BCUT2D eigenvalue weighted by atomic mass is 31.2. The molecule has 4 heterocycles. The number of aromatic nitrogens is 4. The number of carbonyl (C=O) groups is 3. The Labute approximate surface area is 228 Å². The monoisotopic (exact) mass is 575 g/mol. The Bertz CT molecular complexity index is 1490. The summed E-state index contributed by atoms with van der Waals surface area (Å²) in [6.45, 7) is 2.98. The van der Waals surface area contributed by atoms with E-state index in [0.717, 1.165) is 0 Å². The SMILES string of the molecule is COCC(=O)O[C@H]1C[C@H](n2cnc3c(=O)[nH]c(NC(=O)C(C)C)nc32)O[C@@H]1COP1OC(=O)c2ccccc2O1. The molecule has 15 nitrogen and oxygen atoms in total. The molecule has 2 aliphatic heterocycles. The lowest BCUT2D eigenvalue weighted by atomic mass is 10.2. The fraction of sp³-hybridized carbons (Fsp3) is 0.417. The van der Waals surface area contributed by atoms with Crippen LogP contribution in [0.25, 0.3) is 11.2 Å². The van der Waals surface area contributed by atoms with Crippen LogP contribution in [0.5, 0.6) is 5.75 Å². The summed E-state index contributed by atoms with van der Waals surface area (Å²) in [5.41, 5.74) is -0.0831. The lowest BCUT2D eigenvalue weighted by Crippen LogP contribution is -2.32. The van der Waals surface area contributed by atoms with E-state index in [1.165, 1.54) is 18.0 Å². The van der Waals surface area contributed by atoms with E-state index >= 15 is 0 Å². The molecule has 0 bridgehead atoms. The third-order valence-electron chi connectivity index (χ3n) is 6.02. The number of para-hydroxylation sites is 1. The molecule has 0 spiro atoms. The summed E-state index contributed by atoms with van der Waals surface area (Å²) in [4.78, 5) is 60.3. The first kappa shape index (κ1) is 27.6. The molecule has 1 unspecified atom stereocenters. The predicted octanol–water partition coefficient (Wildman–Crippen LogP) is 2.05. The molecule has 212 valence electrons. The second-order valence-corrected chi connectivity index (χ2v) is 10.3. The van der Waals surface area contributed by atoms with Crippen LogP contribution < -0.4 is 15.4 Å². The molecular weight excluding hydrogens is 549 g/mol. The zero-order valence-electron chi connectivity index (χ0n) is 21.7. The molecule has 40 heavy (non-hydrogen) atoms. The molecular formula is C24H26N5O10P. The maximum atomic E-state index is 12.6. The molecule has 2 N–H and O–H groups in total. The summed E-state index contributed by atoms with van der Waals surface area (Å²) in [7, 11) is -0.719. The first-order valence-corrected chi connectivity index (χ1v) is 13.4. The number of methoxy groups -OCH3 is 1. The molecule has 3 aromatic rings. The molecule has 1 amide bonds. The Balaban J connectivity index is 1.35. The van der Waals surface area contributed by atoms with Gasteiger partial charge in [0.2, 0.25) is 11.9 Å². The summed E-state index contributed by atoms with van der Waals surface area (Å²) < 4.78 is 34.7. The van der Waals surface area contributed by atoms with E-state index in [0.29, 0.717) is 5.75 Å². The average molecular weight is 575 g/mol. The van der Waals surface area contributed by atoms with E-state index < -0.39 is 44.5 Å². The number of ether oxygens (including phenoxy) is 3. The average Bonchev–Trinajstić information content (AvgIpc) is 3.51. The highest BCUT2D eigenvalue weighted by molar-refractivity contribution is 7.43. The Hall–Kier alpha value is -3.91. The number of rotatable bonds is 9. The van der Waals surface area contributed by atoms with Gasteiger partial charge in [-0.3, -0.25) is 29.0 Å². The number of fused-ring (bicyclic) bond motifs is 2. The topological polar surface area (TPSA) is 182 Å². The van der Waals surface area contributed by atoms with Gasteiger partial charge in [-0.1, -0.05) is 26.0 Å². The quantitative estimate of drug-likeness (QED) is 0.280. The standard InChI is InChI=1S/C24H26N5O10P/c1-12(2)21(31)27-24-26-20-19(22(32)28-24)25-11-29(20)17-8-15(37-18(30)10-34-3)16(36-17)9-35-40-38-14-7-5-4-6-13(14)23(33)39-40/h4-7,11-12,15-17H,8-10H2,1-3H3,(H2,26,27,28,31,32)/t15-,16+,17+,40?/m0/s1. The van der Waals surface area contributed by atoms with Crippen LogP contribution in [0.4, 0.5) is 5.95 Å². The van der Waals surface area contributed by atoms with Gasteiger partial charge in [-0.2, -0.15) is 4.98 Å². The van der Waals surface area contributed by atoms with Gasteiger partial charge in [0.05, 0.1) is 12.9 Å². The van der Waals surface area contributed by atoms with Gasteiger partial charge in [0, 0.05) is 19.4 Å². The molecule has 0 aliphatic carbocycles. The molecule has 4 atom stereocenters. The van der Waals surface area contributed by atoms with Gasteiger partial charge >= 0.3 is 20.5 Å². The number of esters is 1. The van der Waals surface area contributed by atoms with Crippen molar-refractivity contribution >= 4 is 43.6 Å². The molecule has 1 aromatic carbocycles. The number of anilines is 1. The third kappa shape index (κ3) is 5.82. The van der Waals surface area contributed by atoms with Gasteiger partial charge in [-0.05, 0) is 12.1 Å². The van der Waals surface area contributed by atoms with E-state index in [9.17, 15) is 19.2 Å². The Morgan fingerprint density at radius 3 is 2.83 bits per heavy atom. The molecule has 5 rings (SSSR count). The maximum absolute atomic E-state index is 12.6. The smallest absolute Gasteiger partial charge is 0.458 e. The summed E-state index contributed by atoms with van der Waals surface area (Å²) in [5, 5.41) is 2.56. The molecule has 0 saturated carbocycles. The summed E-state index contributed by atoms with van der Waals surface area (Å²) in [5.74, 6) is -1.58. The second-order valence-electron chi connectivity index (χ2n) is 9.19. The number of imidazole rings is 1. The van der Waals surface area contributed by atoms with Crippen molar-refractivity contribution in [3.05, 3.63) is 46.5 Å². The zero-order valence-corrected chi connectivity index (χ0v) is 22.6. The predicted molar refractivity (Wildman–Crippen MR) is 137 cm³/mol. The maximum Gasteiger partial charge on any atom is 0.465 e. The minimum Gasteiger partial charge on any atom is -0.458 e. The van der Waals surface area contributed by atoms with Crippen LogP contribution in [0.3, 0.4) is 0 Å². The summed E-state index contributed by atoms with van der Waals surface area (Å²) in [6.07, 6.45) is -0.860. The first-order chi connectivity index (χ1) is 19.2. The lowest BCUT2D eigenvalue weighted by Gasteiger charge is -2.24. The number of nitrogens with zero attached hydrogens (tertiary/aromatic N) is 3. The lowest BCUT2D eigenvalue weighted by molar-refractivity contribution is -0.157. The number of H-pyrrole nitrogens is 1. The van der Waals surface area contributed by atoms with Crippen LogP contribution in [0.15, 0.2) is 35.4 Å². The van der Waals surface area contributed by atoms with Gasteiger partial charge in [0.1, 0.15) is 36.4 Å². The Morgan fingerprint density at radius 2 is 2.05 bits per heavy atom. The van der Waals surface area contributed by atoms with E-state index in [4.69, 9.17) is 27.8 Å². The van der Waals surface area contributed by atoms with Gasteiger partial charge in [0.15, 0.2) is 11.2 Å². The van der Waals surface area contributed by atoms with E-state index in [1.54, 1.807) is 38.1 Å². The molecule has 0 radical (unpaired) electrons.